The molecular formula is C20H20Cl2N2O4. The molecule has 1 aliphatic heterocycles. The average molecular weight is 423 g/mol. The molecule has 0 spiro atoms. The fraction of sp³-hybridized carbons (Fsp3) is 0.300. The quantitative estimate of drug-likeness (QED) is 0.744. The van der Waals surface area contributed by atoms with Crippen LogP contribution >= 0.6 is 23.2 Å². The lowest BCUT2D eigenvalue weighted by Crippen LogP contribution is -2.32. The predicted molar refractivity (Wildman–Crippen MR) is 107 cm³/mol. The zero-order valence-corrected chi connectivity index (χ0v) is 16.8. The Morgan fingerprint density at radius 2 is 1.82 bits per heavy atom. The summed E-state index contributed by atoms with van der Waals surface area (Å²) in [7, 11) is 0. The smallest absolute Gasteiger partial charge is 0.222 e. The molecule has 0 bridgehead atoms. The summed E-state index contributed by atoms with van der Waals surface area (Å²) < 4.78 is 11.0. The predicted octanol–water partition coefficient (Wildman–Crippen LogP) is 3.65. The van der Waals surface area contributed by atoms with E-state index in [1.165, 1.54) is 6.92 Å². The number of carbonyl (C=O) groups excluding carboxylic acids is 2. The summed E-state index contributed by atoms with van der Waals surface area (Å²) in [6.45, 7) is 2.61. The Morgan fingerprint density at radius 1 is 1.11 bits per heavy atom. The lowest BCUT2D eigenvalue weighted by atomic mass is 10.0. The van der Waals surface area contributed by atoms with E-state index in [4.69, 9.17) is 32.7 Å². The SMILES string of the molecule is CC(=O)NC(CC(=O)NCc1cc(Cl)c2c(c1)OCCO2)c1ccc(Cl)cc1. The van der Waals surface area contributed by atoms with Crippen LogP contribution in [0.2, 0.25) is 10.0 Å². The minimum atomic E-state index is -0.446. The maximum atomic E-state index is 12.4. The second kappa shape index (κ2) is 9.17. The van der Waals surface area contributed by atoms with Crippen molar-refractivity contribution in [3.05, 3.63) is 57.6 Å². The van der Waals surface area contributed by atoms with Crippen LogP contribution in [0.5, 0.6) is 11.5 Å². The van der Waals surface area contributed by atoms with E-state index in [9.17, 15) is 9.59 Å². The van der Waals surface area contributed by atoms with Crippen LogP contribution in [-0.4, -0.2) is 25.0 Å². The molecule has 1 heterocycles. The molecule has 0 aliphatic carbocycles. The van der Waals surface area contributed by atoms with Gasteiger partial charge < -0.3 is 20.1 Å². The third-order valence-electron chi connectivity index (χ3n) is 4.19. The lowest BCUT2D eigenvalue weighted by molar-refractivity contribution is -0.122. The van der Waals surface area contributed by atoms with Crippen LogP contribution in [0.1, 0.15) is 30.5 Å². The highest BCUT2D eigenvalue weighted by atomic mass is 35.5. The number of benzene rings is 2. The van der Waals surface area contributed by atoms with Crippen LogP contribution in [0, 0.1) is 0 Å². The Kier molecular flexibility index (Phi) is 6.65. The van der Waals surface area contributed by atoms with Gasteiger partial charge in [-0.05, 0) is 35.4 Å². The molecule has 1 atom stereocenters. The van der Waals surface area contributed by atoms with Gasteiger partial charge in [-0.15, -0.1) is 0 Å². The second-order valence-electron chi connectivity index (χ2n) is 6.39. The van der Waals surface area contributed by atoms with Crippen molar-refractivity contribution in [2.45, 2.75) is 25.9 Å². The third-order valence-corrected chi connectivity index (χ3v) is 4.72. The van der Waals surface area contributed by atoms with Gasteiger partial charge in [-0.25, -0.2) is 0 Å². The van der Waals surface area contributed by atoms with Crippen molar-refractivity contribution in [2.75, 3.05) is 13.2 Å². The number of ether oxygens (including phenoxy) is 2. The van der Waals surface area contributed by atoms with Gasteiger partial charge in [0.1, 0.15) is 13.2 Å². The zero-order valence-electron chi connectivity index (χ0n) is 15.3. The number of amides is 2. The topological polar surface area (TPSA) is 76.7 Å². The van der Waals surface area contributed by atoms with Crippen molar-refractivity contribution in [1.82, 2.24) is 10.6 Å². The van der Waals surface area contributed by atoms with Crippen LogP contribution in [0.15, 0.2) is 36.4 Å². The highest BCUT2D eigenvalue weighted by Gasteiger charge is 2.19. The Morgan fingerprint density at radius 3 is 2.54 bits per heavy atom. The average Bonchev–Trinajstić information content (AvgIpc) is 2.66. The molecule has 3 rings (SSSR count). The Hall–Kier alpha value is -2.44. The van der Waals surface area contributed by atoms with Gasteiger partial charge in [-0.2, -0.15) is 0 Å². The number of halogens is 2. The molecule has 2 aromatic rings. The number of fused-ring (bicyclic) bond motifs is 1. The molecule has 0 fully saturated rings. The first-order valence-corrected chi connectivity index (χ1v) is 9.55. The minimum Gasteiger partial charge on any atom is -0.486 e. The molecule has 2 N–H and O–H groups in total. The van der Waals surface area contributed by atoms with Gasteiger partial charge in [0, 0.05) is 18.5 Å². The maximum Gasteiger partial charge on any atom is 0.222 e. The van der Waals surface area contributed by atoms with E-state index in [-0.39, 0.29) is 24.8 Å². The number of rotatable bonds is 6. The van der Waals surface area contributed by atoms with Crippen LogP contribution < -0.4 is 20.1 Å². The van der Waals surface area contributed by atoms with Gasteiger partial charge >= 0.3 is 0 Å². The molecule has 6 nitrogen and oxygen atoms in total. The highest BCUT2D eigenvalue weighted by Crippen LogP contribution is 2.38. The number of nitrogens with one attached hydrogen (secondary N) is 2. The summed E-state index contributed by atoms with van der Waals surface area (Å²) in [6, 6.07) is 10.1. The Balaban J connectivity index is 1.64. The summed E-state index contributed by atoms with van der Waals surface area (Å²) in [5, 5.41) is 6.67. The van der Waals surface area contributed by atoms with Crippen LogP contribution in [0.25, 0.3) is 0 Å². The van der Waals surface area contributed by atoms with Gasteiger partial charge in [0.15, 0.2) is 11.5 Å². The van der Waals surface area contributed by atoms with Crippen LogP contribution in [-0.2, 0) is 16.1 Å². The summed E-state index contributed by atoms with van der Waals surface area (Å²) in [6.07, 6.45) is 0.0967. The second-order valence-corrected chi connectivity index (χ2v) is 7.23. The third kappa shape index (κ3) is 5.30. The summed E-state index contributed by atoms with van der Waals surface area (Å²) in [5.41, 5.74) is 1.60. The molecule has 2 amide bonds. The van der Waals surface area contributed by atoms with Gasteiger partial charge in [-0.3, -0.25) is 9.59 Å². The zero-order chi connectivity index (χ0) is 20.1. The monoisotopic (exact) mass is 422 g/mol. The first-order chi connectivity index (χ1) is 13.4. The molecule has 0 saturated carbocycles. The standard InChI is InChI=1S/C20H20Cl2N2O4/c1-12(25)24-17(14-2-4-15(21)5-3-14)10-19(26)23-11-13-8-16(22)20-18(9-13)27-6-7-28-20/h2-5,8-9,17H,6-7,10-11H2,1H3,(H,23,26)(H,24,25). The summed E-state index contributed by atoms with van der Waals surface area (Å²) in [5.74, 6) is 0.669. The van der Waals surface area contributed by atoms with Crippen molar-refractivity contribution in [1.29, 1.82) is 0 Å². The molecule has 0 saturated heterocycles. The van der Waals surface area contributed by atoms with Gasteiger partial charge in [0.25, 0.3) is 0 Å². The fourth-order valence-electron chi connectivity index (χ4n) is 2.92. The van der Waals surface area contributed by atoms with E-state index in [1.807, 2.05) is 0 Å². The molecule has 28 heavy (non-hydrogen) atoms. The molecule has 2 aromatic carbocycles. The minimum absolute atomic E-state index is 0.0967. The fourth-order valence-corrected chi connectivity index (χ4v) is 3.33. The lowest BCUT2D eigenvalue weighted by Gasteiger charge is -2.21. The molecule has 148 valence electrons. The van der Waals surface area contributed by atoms with Crippen LogP contribution in [0.4, 0.5) is 0 Å². The Bertz CT molecular complexity index is 871. The number of hydrogen-bond donors (Lipinski definition) is 2. The van der Waals surface area contributed by atoms with E-state index in [1.54, 1.807) is 36.4 Å². The number of hydrogen-bond acceptors (Lipinski definition) is 4. The van der Waals surface area contributed by atoms with Crippen LogP contribution in [0.3, 0.4) is 0 Å². The van der Waals surface area contributed by atoms with E-state index in [0.29, 0.717) is 34.8 Å². The largest absolute Gasteiger partial charge is 0.486 e. The van der Waals surface area contributed by atoms with Gasteiger partial charge in [0.05, 0.1) is 17.5 Å². The van der Waals surface area contributed by atoms with Crippen molar-refractivity contribution < 1.29 is 19.1 Å². The summed E-state index contributed by atoms with van der Waals surface area (Å²) >= 11 is 12.1. The maximum absolute atomic E-state index is 12.4. The molecule has 8 heteroatoms. The van der Waals surface area contributed by atoms with E-state index in [2.05, 4.69) is 10.6 Å². The number of carbonyl (C=O) groups is 2. The first-order valence-electron chi connectivity index (χ1n) is 8.79. The van der Waals surface area contributed by atoms with Crippen molar-refractivity contribution in [3.63, 3.8) is 0 Å². The summed E-state index contributed by atoms with van der Waals surface area (Å²) in [4.78, 5) is 24.0. The van der Waals surface area contributed by atoms with Gasteiger partial charge in [0.2, 0.25) is 11.8 Å². The van der Waals surface area contributed by atoms with Gasteiger partial charge in [-0.1, -0.05) is 35.3 Å². The van der Waals surface area contributed by atoms with Crippen molar-refractivity contribution in [2.24, 2.45) is 0 Å². The normalized spacial score (nSPS) is 13.5. The van der Waals surface area contributed by atoms with E-state index >= 15 is 0 Å². The van der Waals surface area contributed by atoms with E-state index in [0.717, 1.165) is 11.1 Å². The Labute approximate surface area is 173 Å². The van der Waals surface area contributed by atoms with E-state index < -0.39 is 6.04 Å². The molecule has 1 unspecified atom stereocenters. The highest BCUT2D eigenvalue weighted by molar-refractivity contribution is 6.32. The molecular weight excluding hydrogens is 403 g/mol. The van der Waals surface area contributed by atoms with Crippen molar-refractivity contribution in [3.8, 4) is 11.5 Å². The molecule has 1 aliphatic rings. The molecule has 0 aromatic heterocycles. The van der Waals surface area contributed by atoms with Crippen molar-refractivity contribution >= 4 is 35.0 Å². The first kappa shape index (κ1) is 20.3. The molecule has 0 radical (unpaired) electrons.